The summed E-state index contributed by atoms with van der Waals surface area (Å²) in [5.74, 6) is 0.314. The molecule has 0 atom stereocenters. The van der Waals surface area contributed by atoms with Gasteiger partial charge in [-0.25, -0.2) is 0 Å². The highest BCUT2D eigenvalue weighted by atomic mass is 19.4. The van der Waals surface area contributed by atoms with Crippen LogP contribution in [0.4, 0.5) is 19.0 Å². The molecule has 1 saturated heterocycles. The molecule has 0 N–H and O–H groups in total. The summed E-state index contributed by atoms with van der Waals surface area (Å²) >= 11 is 0. The van der Waals surface area contributed by atoms with E-state index < -0.39 is 17.6 Å². The van der Waals surface area contributed by atoms with E-state index in [-0.39, 0.29) is 5.56 Å². The largest absolute Gasteiger partial charge is 0.416 e. The number of halogens is 3. The van der Waals surface area contributed by atoms with E-state index in [4.69, 9.17) is 0 Å². The number of anilines is 1. The minimum Gasteiger partial charge on any atom is -0.352 e. The predicted molar refractivity (Wildman–Crippen MR) is 112 cm³/mol. The van der Waals surface area contributed by atoms with Crippen LogP contribution in [0.15, 0.2) is 60.7 Å². The summed E-state index contributed by atoms with van der Waals surface area (Å²) in [7, 11) is 0. The Balaban J connectivity index is 1.39. The van der Waals surface area contributed by atoms with E-state index in [1.807, 2.05) is 48.2 Å². The molecule has 2 heterocycles. The molecule has 0 aliphatic carbocycles. The second-order valence-corrected chi connectivity index (χ2v) is 7.50. The Morgan fingerprint density at radius 1 is 0.903 bits per heavy atom. The number of carbonyl (C=O) groups is 1. The standard InChI is InChI=1S/C23H21F3N4O/c1-16-5-7-17(8-6-16)20-9-10-21(28-27-20)29-11-13-30(14-12-29)22(31)18-3-2-4-19(15-18)23(24,25)26/h2-10,15H,11-14H2,1H3. The molecule has 0 spiro atoms. The third kappa shape index (κ3) is 4.68. The van der Waals surface area contributed by atoms with E-state index in [0.717, 1.165) is 23.4 Å². The highest BCUT2D eigenvalue weighted by Gasteiger charge is 2.31. The van der Waals surface area contributed by atoms with Gasteiger partial charge in [-0.05, 0) is 37.3 Å². The lowest BCUT2D eigenvalue weighted by atomic mass is 10.1. The van der Waals surface area contributed by atoms with Gasteiger partial charge in [-0.2, -0.15) is 13.2 Å². The monoisotopic (exact) mass is 426 g/mol. The Morgan fingerprint density at radius 2 is 1.61 bits per heavy atom. The van der Waals surface area contributed by atoms with E-state index >= 15 is 0 Å². The number of amides is 1. The number of carbonyl (C=O) groups excluding carboxylic acids is 1. The molecule has 0 radical (unpaired) electrons. The number of piperazine rings is 1. The Kier molecular flexibility index (Phi) is 5.63. The highest BCUT2D eigenvalue weighted by molar-refractivity contribution is 5.94. The fraction of sp³-hybridized carbons (Fsp3) is 0.261. The molecule has 4 rings (SSSR count). The molecular weight excluding hydrogens is 405 g/mol. The van der Waals surface area contributed by atoms with Crippen LogP contribution in [-0.4, -0.2) is 47.2 Å². The van der Waals surface area contributed by atoms with Crippen LogP contribution in [-0.2, 0) is 6.18 Å². The van der Waals surface area contributed by atoms with Crippen molar-refractivity contribution in [1.82, 2.24) is 15.1 Å². The normalized spacial score (nSPS) is 14.6. The van der Waals surface area contributed by atoms with Gasteiger partial charge in [0.05, 0.1) is 11.3 Å². The molecule has 1 aliphatic rings. The molecule has 1 aromatic heterocycles. The summed E-state index contributed by atoms with van der Waals surface area (Å²) < 4.78 is 38.8. The number of aryl methyl sites for hydroxylation is 1. The van der Waals surface area contributed by atoms with Crippen LogP contribution in [0.5, 0.6) is 0 Å². The molecule has 160 valence electrons. The minimum absolute atomic E-state index is 0.0468. The molecule has 2 aromatic carbocycles. The highest BCUT2D eigenvalue weighted by Crippen LogP contribution is 2.30. The molecule has 3 aromatic rings. The van der Waals surface area contributed by atoms with Crippen molar-refractivity contribution in [1.29, 1.82) is 0 Å². The second-order valence-electron chi connectivity index (χ2n) is 7.50. The Morgan fingerprint density at radius 3 is 2.23 bits per heavy atom. The first kappa shape index (κ1) is 20.8. The maximum Gasteiger partial charge on any atom is 0.416 e. The van der Waals surface area contributed by atoms with Crippen molar-refractivity contribution in [2.75, 3.05) is 31.1 Å². The summed E-state index contributed by atoms with van der Waals surface area (Å²) in [5, 5.41) is 8.62. The van der Waals surface area contributed by atoms with E-state index in [9.17, 15) is 18.0 Å². The fourth-order valence-corrected chi connectivity index (χ4v) is 3.52. The zero-order valence-electron chi connectivity index (χ0n) is 16.9. The number of hydrogen-bond acceptors (Lipinski definition) is 4. The maximum atomic E-state index is 12.9. The average molecular weight is 426 g/mol. The zero-order valence-corrected chi connectivity index (χ0v) is 16.9. The van der Waals surface area contributed by atoms with Crippen LogP contribution >= 0.6 is 0 Å². The molecule has 8 heteroatoms. The first-order chi connectivity index (χ1) is 14.8. The number of alkyl halides is 3. The van der Waals surface area contributed by atoms with Crippen molar-refractivity contribution in [2.24, 2.45) is 0 Å². The second kappa shape index (κ2) is 8.37. The van der Waals surface area contributed by atoms with Crippen LogP contribution in [0.1, 0.15) is 21.5 Å². The molecule has 5 nitrogen and oxygen atoms in total. The fourth-order valence-electron chi connectivity index (χ4n) is 3.52. The van der Waals surface area contributed by atoms with Gasteiger partial charge < -0.3 is 9.80 Å². The Bertz CT molecular complexity index is 1060. The van der Waals surface area contributed by atoms with Crippen molar-refractivity contribution in [3.8, 4) is 11.3 Å². The molecule has 0 bridgehead atoms. The molecule has 0 unspecified atom stereocenters. The topological polar surface area (TPSA) is 49.3 Å². The average Bonchev–Trinajstić information content (AvgIpc) is 2.79. The first-order valence-corrected chi connectivity index (χ1v) is 9.93. The molecule has 1 amide bonds. The number of nitrogens with zero attached hydrogens (tertiary/aromatic N) is 4. The van der Waals surface area contributed by atoms with Crippen LogP contribution in [0.3, 0.4) is 0 Å². The summed E-state index contributed by atoms with van der Waals surface area (Å²) in [5.41, 5.74) is 2.17. The van der Waals surface area contributed by atoms with Crippen molar-refractivity contribution in [3.05, 3.63) is 77.4 Å². The molecule has 31 heavy (non-hydrogen) atoms. The lowest BCUT2D eigenvalue weighted by Gasteiger charge is -2.35. The van der Waals surface area contributed by atoms with Gasteiger partial charge in [0.1, 0.15) is 0 Å². The van der Waals surface area contributed by atoms with Crippen LogP contribution in [0.2, 0.25) is 0 Å². The summed E-state index contributed by atoms with van der Waals surface area (Å²) in [4.78, 5) is 16.2. The number of rotatable bonds is 3. The lowest BCUT2D eigenvalue weighted by molar-refractivity contribution is -0.137. The number of aromatic nitrogens is 2. The zero-order chi connectivity index (χ0) is 22.0. The SMILES string of the molecule is Cc1ccc(-c2ccc(N3CCN(C(=O)c4cccc(C(F)(F)F)c4)CC3)nn2)cc1. The van der Waals surface area contributed by atoms with Gasteiger partial charge in [-0.1, -0.05) is 35.9 Å². The van der Waals surface area contributed by atoms with Gasteiger partial charge in [0.2, 0.25) is 0 Å². The quantitative estimate of drug-likeness (QED) is 0.622. The smallest absolute Gasteiger partial charge is 0.352 e. The van der Waals surface area contributed by atoms with Gasteiger partial charge in [0.25, 0.3) is 5.91 Å². The summed E-state index contributed by atoms with van der Waals surface area (Å²) in [6.45, 7) is 3.88. The van der Waals surface area contributed by atoms with Crippen molar-refractivity contribution >= 4 is 11.7 Å². The maximum absolute atomic E-state index is 12.9. The lowest BCUT2D eigenvalue weighted by Crippen LogP contribution is -2.49. The van der Waals surface area contributed by atoms with Gasteiger partial charge in [-0.3, -0.25) is 4.79 Å². The molecular formula is C23H21F3N4O. The first-order valence-electron chi connectivity index (χ1n) is 9.93. The van der Waals surface area contributed by atoms with Gasteiger partial charge in [0, 0.05) is 37.3 Å². The van der Waals surface area contributed by atoms with Crippen molar-refractivity contribution in [3.63, 3.8) is 0 Å². The summed E-state index contributed by atoms with van der Waals surface area (Å²) in [6.07, 6.45) is -4.47. The molecule has 0 saturated carbocycles. The Labute approximate surface area is 178 Å². The van der Waals surface area contributed by atoms with Crippen molar-refractivity contribution < 1.29 is 18.0 Å². The van der Waals surface area contributed by atoms with E-state index in [2.05, 4.69) is 10.2 Å². The van der Waals surface area contributed by atoms with Crippen LogP contribution < -0.4 is 4.90 Å². The van der Waals surface area contributed by atoms with Crippen molar-refractivity contribution in [2.45, 2.75) is 13.1 Å². The molecule has 1 aliphatic heterocycles. The van der Waals surface area contributed by atoms with Crippen LogP contribution in [0, 0.1) is 6.92 Å². The van der Waals surface area contributed by atoms with Gasteiger partial charge in [0.15, 0.2) is 5.82 Å². The Hall–Kier alpha value is -3.42. The van der Waals surface area contributed by atoms with Gasteiger partial charge >= 0.3 is 6.18 Å². The van der Waals surface area contributed by atoms with Gasteiger partial charge in [-0.15, -0.1) is 10.2 Å². The molecule has 1 fully saturated rings. The third-order valence-corrected chi connectivity index (χ3v) is 5.33. The van der Waals surface area contributed by atoms with E-state index in [0.29, 0.717) is 32.0 Å². The van der Waals surface area contributed by atoms with E-state index in [1.54, 1.807) is 4.90 Å². The number of benzene rings is 2. The number of hydrogen-bond donors (Lipinski definition) is 0. The predicted octanol–water partition coefficient (Wildman–Crippen LogP) is 4.43. The van der Waals surface area contributed by atoms with E-state index in [1.165, 1.54) is 17.7 Å². The third-order valence-electron chi connectivity index (χ3n) is 5.33. The summed E-state index contributed by atoms with van der Waals surface area (Å²) in [6, 6.07) is 16.4. The minimum atomic E-state index is -4.47. The van der Waals surface area contributed by atoms with Crippen LogP contribution in [0.25, 0.3) is 11.3 Å².